The van der Waals surface area contributed by atoms with Gasteiger partial charge in [-0.1, -0.05) is 44.9 Å². The minimum absolute atomic E-state index is 0.0288. The molecule has 8 heteroatoms. The number of anilines is 1. The van der Waals surface area contributed by atoms with Crippen molar-refractivity contribution in [2.24, 2.45) is 51.8 Å². The van der Waals surface area contributed by atoms with Gasteiger partial charge in [-0.05, 0) is 74.2 Å². The molecule has 1 aromatic rings. The summed E-state index contributed by atoms with van der Waals surface area (Å²) in [6.07, 6.45) is 7.05. The van der Waals surface area contributed by atoms with Crippen LogP contribution in [0.25, 0.3) is 0 Å². The van der Waals surface area contributed by atoms with Gasteiger partial charge in [0.15, 0.2) is 5.69 Å². The van der Waals surface area contributed by atoms with E-state index in [2.05, 4.69) is 26.8 Å². The van der Waals surface area contributed by atoms with Gasteiger partial charge < -0.3 is 10.3 Å². The molecule has 6 aliphatic rings. The molecule has 3 N–H and O–H groups in total. The molecule has 3 saturated carbocycles. The topological polar surface area (TPSA) is 122 Å². The predicted octanol–water partition coefficient (Wildman–Crippen LogP) is 4.11. The molecule has 1 spiro atoms. The van der Waals surface area contributed by atoms with Gasteiger partial charge in [0.25, 0.3) is 0 Å². The summed E-state index contributed by atoms with van der Waals surface area (Å²) in [5, 5.41) is 30.3. The molecule has 204 valence electrons. The largest absolute Gasteiger partial charge is 0.595 e. The standard InChI is InChI=1S/C30H38N2O6/c1-16(2)20-15-30-12-9-21-28(3,10-6-11-29(21,4)27(35)36)22(30)14-19(20)23-24(30)26(34)31(25(23)33)17-7-5-8-18(13-17)32(37)38/h5,7-8,13,15-16,19,21-24,32,37H,6,9-12,14H2,1-4H3,(H,35,36). The number of allylic oxidation sites excluding steroid dienone is 2. The van der Waals surface area contributed by atoms with E-state index in [1.807, 2.05) is 6.92 Å². The summed E-state index contributed by atoms with van der Waals surface area (Å²) in [7, 11) is 0. The van der Waals surface area contributed by atoms with E-state index in [4.69, 9.17) is 0 Å². The lowest BCUT2D eigenvalue weighted by Gasteiger charge is -2.68. The van der Waals surface area contributed by atoms with Crippen molar-refractivity contribution in [2.45, 2.75) is 66.2 Å². The molecule has 9 atom stereocenters. The SMILES string of the molecule is CC(C)C1=CC23CCC4C(C)(C(=O)O)CCCC4(C)C2CC1C1C(=O)N(c2cccc([NH+]([O-])O)c2)C(=O)C13. The van der Waals surface area contributed by atoms with Gasteiger partial charge in [-0.15, -0.1) is 0 Å². The average Bonchev–Trinajstić information content (AvgIpc) is 3.15. The molecule has 1 aromatic carbocycles. The van der Waals surface area contributed by atoms with Gasteiger partial charge in [0.2, 0.25) is 11.8 Å². The van der Waals surface area contributed by atoms with Crippen LogP contribution < -0.4 is 10.1 Å². The third kappa shape index (κ3) is 3.11. The number of nitrogens with one attached hydrogen (secondary N) is 1. The highest BCUT2D eigenvalue weighted by molar-refractivity contribution is 6.23. The molecule has 2 amide bonds. The Morgan fingerprint density at radius 2 is 1.87 bits per heavy atom. The van der Waals surface area contributed by atoms with Crippen LogP contribution in [0.5, 0.6) is 0 Å². The number of amides is 2. The predicted molar refractivity (Wildman–Crippen MR) is 139 cm³/mol. The van der Waals surface area contributed by atoms with Crippen LogP contribution in [0.4, 0.5) is 11.4 Å². The van der Waals surface area contributed by atoms with Crippen LogP contribution in [0.3, 0.4) is 0 Å². The van der Waals surface area contributed by atoms with E-state index in [0.717, 1.165) is 25.7 Å². The van der Waals surface area contributed by atoms with E-state index in [-0.39, 0.29) is 46.6 Å². The summed E-state index contributed by atoms with van der Waals surface area (Å²) in [6, 6.07) is 6.10. The van der Waals surface area contributed by atoms with Gasteiger partial charge in [0, 0.05) is 17.5 Å². The molecule has 5 aliphatic carbocycles. The fourth-order valence-corrected chi connectivity index (χ4v) is 9.99. The Balaban J connectivity index is 1.48. The van der Waals surface area contributed by atoms with Crippen molar-refractivity contribution in [2.75, 3.05) is 4.90 Å². The second kappa shape index (κ2) is 8.23. The average molecular weight is 523 g/mol. The van der Waals surface area contributed by atoms with Crippen molar-refractivity contribution in [1.29, 1.82) is 0 Å². The molecular formula is C30H38N2O6. The first kappa shape index (κ1) is 25.7. The lowest BCUT2D eigenvalue weighted by atomic mass is 9.34. The monoisotopic (exact) mass is 522 g/mol. The first-order chi connectivity index (χ1) is 17.9. The highest BCUT2D eigenvalue weighted by Crippen LogP contribution is 2.74. The normalized spacial score (nSPS) is 42.4. The Morgan fingerprint density at radius 1 is 1.13 bits per heavy atom. The molecule has 1 saturated heterocycles. The summed E-state index contributed by atoms with van der Waals surface area (Å²) in [5.41, 5.74) is 0.112. The smallest absolute Gasteiger partial charge is 0.309 e. The zero-order chi connectivity index (χ0) is 27.4. The van der Waals surface area contributed by atoms with Crippen LogP contribution in [-0.4, -0.2) is 28.1 Å². The number of carboxylic acid groups (broad SMARTS) is 1. The number of imide groups is 1. The number of hydrogen-bond donors (Lipinski definition) is 3. The van der Waals surface area contributed by atoms with E-state index in [0.29, 0.717) is 18.5 Å². The highest BCUT2D eigenvalue weighted by atomic mass is 16.8. The Kier molecular flexibility index (Phi) is 5.57. The van der Waals surface area contributed by atoms with E-state index < -0.39 is 33.9 Å². The Labute approximate surface area is 223 Å². The minimum atomic E-state index is -1.10. The molecule has 38 heavy (non-hydrogen) atoms. The van der Waals surface area contributed by atoms with Crippen molar-refractivity contribution in [3.63, 3.8) is 0 Å². The minimum Gasteiger partial charge on any atom is -0.595 e. The summed E-state index contributed by atoms with van der Waals surface area (Å²) >= 11 is 0. The number of carbonyl (C=O) groups excluding carboxylic acids is 2. The number of benzene rings is 1. The molecule has 0 aromatic heterocycles. The third-order valence-corrected chi connectivity index (χ3v) is 11.5. The fourth-order valence-electron chi connectivity index (χ4n) is 9.99. The summed E-state index contributed by atoms with van der Waals surface area (Å²) in [5.74, 6) is -1.78. The Morgan fingerprint density at radius 3 is 2.53 bits per heavy atom. The van der Waals surface area contributed by atoms with Gasteiger partial charge in [-0.25, -0.2) is 10.1 Å². The van der Waals surface area contributed by atoms with E-state index in [9.17, 15) is 29.9 Å². The highest BCUT2D eigenvalue weighted by Gasteiger charge is 2.73. The van der Waals surface area contributed by atoms with Crippen LogP contribution in [0.1, 0.15) is 66.2 Å². The van der Waals surface area contributed by atoms with Gasteiger partial charge >= 0.3 is 5.97 Å². The molecular weight excluding hydrogens is 484 g/mol. The van der Waals surface area contributed by atoms with Gasteiger partial charge in [0.1, 0.15) is 0 Å². The van der Waals surface area contributed by atoms with Gasteiger partial charge in [-0.2, -0.15) is 5.23 Å². The fraction of sp³-hybridized carbons (Fsp3) is 0.633. The number of fused-ring (bicyclic) bond motifs is 1. The molecule has 7 rings (SSSR count). The number of nitrogens with zero attached hydrogens (tertiary/aromatic N) is 1. The maximum atomic E-state index is 14.3. The maximum Gasteiger partial charge on any atom is 0.309 e. The number of quaternary nitrogens is 1. The summed E-state index contributed by atoms with van der Waals surface area (Å²) < 4.78 is 0. The Bertz CT molecular complexity index is 1260. The van der Waals surface area contributed by atoms with Gasteiger partial charge in [0.05, 0.1) is 22.9 Å². The number of aliphatic carboxylic acids is 1. The van der Waals surface area contributed by atoms with Crippen LogP contribution >= 0.6 is 0 Å². The number of hydrogen-bond acceptors (Lipinski definition) is 5. The van der Waals surface area contributed by atoms with Crippen LogP contribution in [0.15, 0.2) is 35.9 Å². The molecule has 0 radical (unpaired) electrons. The number of rotatable bonds is 4. The van der Waals surface area contributed by atoms with Crippen molar-refractivity contribution in [3.8, 4) is 0 Å². The van der Waals surface area contributed by atoms with E-state index in [1.165, 1.54) is 22.6 Å². The summed E-state index contributed by atoms with van der Waals surface area (Å²) in [6.45, 7) is 8.48. The maximum absolute atomic E-state index is 14.3. The van der Waals surface area contributed by atoms with Crippen LogP contribution in [-0.2, 0) is 14.4 Å². The van der Waals surface area contributed by atoms with Gasteiger partial charge in [-0.3, -0.25) is 14.4 Å². The zero-order valence-corrected chi connectivity index (χ0v) is 22.6. The lowest BCUT2D eigenvalue weighted by Crippen LogP contribution is -2.99. The number of carbonyl (C=O) groups is 3. The second-order valence-corrected chi connectivity index (χ2v) is 13.4. The first-order valence-corrected chi connectivity index (χ1v) is 14.0. The number of carboxylic acids is 1. The van der Waals surface area contributed by atoms with Crippen LogP contribution in [0, 0.1) is 57.0 Å². The lowest BCUT2D eigenvalue weighted by molar-refractivity contribution is -0.991. The molecule has 1 aliphatic heterocycles. The van der Waals surface area contributed by atoms with Crippen molar-refractivity contribution >= 4 is 29.2 Å². The zero-order valence-electron chi connectivity index (χ0n) is 22.6. The molecule has 4 fully saturated rings. The second-order valence-electron chi connectivity index (χ2n) is 13.4. The van der Waals surface area contributed by atoms with Crippen LogP contribution in [0.2, 0.25) is 0 Å². The summed E-state index contributed by atoms with van der Waals surface area (Å²) in [4.78, 5) is 42.1. The van der Waals surface area contributed by atoms with E-state index >= 15 is 0 Å². The quantitative estimate of drug-likeness (QED) is 0.311. The Hall–Kier alpha value is -2.55. The van der Waals surface area contributed by atoms with Crippen molar-refractivity contribution in [1.82, 2.24) is 0 Å². The molecule has 9 unspecified atom stereocenters. The van der Waals surface area contributed by atoms with Crippen molar-refractivity contribution < 1.29 is 29.9 Å². The first-order valence-electron chi connectivity index (χ1n) is 14.0. The molecule has 1 heterocycles. The molecule has 8 nitrogen and oxygen atoms in total. The molecule has 2 bridgehead atoms. The van der Waals surface area contributed by atoms with E-state index in [1.54, 1.807) is 12.1 Å². The van der Waals surface area contributed by atoms with Crippen molar-refractivity contribution in [3.05, 3.63) is 41.1 Å². The third-order valence-electron chi connectivity index (χ3n) is 11.5.